The molecule has 2 aromatic rings. The van der Waals surface area contributed by atoms with Crippen LogP contribution < -0.4 is 5.32 Å². The Balaban J connectivity index is 0.000000816. The second kappa shape index (κ2) is 8.08. The third-order valence-electron chi connectivity index (χ3n) is 3.17. The smallest absolute Gasteiger partial charge is 0.203 e. The Bertz CT molecular complexity index is 687. The van der Waals surface area contributed by atoms with Gasteiger partial charge in [0.1, 0.15) is 5.75 Å². The highest BCUT2D eigenvalue weighted by Crippen LogP contribution is 2.35. The fourth-order valence-electron chi connectivity index (χ4n) is 2.06. The van der Waals surface area contributed by atoms with Gasteiger partial charge in [0.25, 0.3) is 0 Å². The quantitative estimate of drug-likeness (QED) is 0.709. The van der Waals surface area contributed by atoms with Gasteiger partial charge in [-0.05, 0) is 72.2 Å². The average molecular weight is 398 g/mol. The topological polar surface area (TPSA) is 49.3 Å². The third-order valence-corrected chi connectivity index (χ3v) is 4.79. The highest BCUT2D eigenvalue weighted by molar-refractivity contribution is 9.11. The van der Waals surface area contributed by atoms with Crippen molar-refractivity contribution in [2.24, 2.45) is 0 Å². The molecule has 1 aromatic heterocycles. The van der Waals surface area contributed by atoms with Gasteiger partial charge in [-0.25, -0.2) is 0 Å². The molecule has 0 fully saturated rings. The van der Waals surface area contributed by atoms with E-state index in [2.05, 4.69) is 21.2 Å². The lowest BCUT2D eigenvalue weighted by molar-refractivity contribution is 0.104. The summed E-state index contributed by atoms with van der Waals surface area (Å²) in [5.41, 5.74) is 1.95. The van der Waals surface area contributed by atoms with Gasteiger partial charge < -0.3 is 10.4 Å². The van der Waals surface area contributed by atoms with Crippen LogP contribution in [-0.2, 0) is 5.41 Å². The zero-order valence-corrected chi connectivity index (χ0v) is 16.9. The molecular weight excluding hydrogens is 374 g/mol. The first-order valence-corrected chi connectivity index (χ1v) is 8.95. The SMILES string of the molecule is CNC.Cc1cc(C(=O)c2ccc(Br)s2)cc(C(C)(C)C)c1O. The van der Waals surface area contributed by atoms with Crippen molar-refractivity contribution in [2.75, 3.05) is 14.1 Å². The first kappa shape index (κ1) is 19.9. The van der Waals surface area contributed by atoms with E-state index in [4.69, 9.17) is 0 Å². The molecule has 1 aromatic carbocycles. The summed E-state index contributed by atoms with van der Waals surface area (Å²) in [6.45, 7) is 7.90. The lowest BCUT2D eigenvalue weighted by atomic mass is 9.83. The average Bonchev–Trinajstić information content (AvgIpc) is 2.87. The van der Waals surface area contributed by atoms with Crippen LogP contribution in [0.3, 0.4) is 0 Å². The Kier molecular flexibility index (Phi) is 6.99. The van der Waals surface area contributed by atoms with E-state index in [1.807, 2.05) is 53.9 Å². The summed E-state index contributed by atoms with van der Waals surface area (Å²) in [6.07, 6.45) is 0. The van der Waals surface area contributed by atoms with Crippen molar-refractivity contribution in [1.82, 2.24) is 5.32 Å². The summed E-state index contributed by atoms with van der Waals surface area (Å²) < 4.78 is 0.937. The van der Waals surface area contributed by atoms with E-state index in [1.165, 1.54) is 11.3 Å². The number of nitrogens with one attached hydrogen (secondary N) is 1. The van der Waals surface area contributed by atoms with Gasteiger partial charge in [0.15, 0.2) is 0 Å². The Morgan fingerprint density at radius 2 is 1.78 bits per heavy atom. The number of ketones is 1. The van der Waals surface area contributed by atoms with E-state index in [0.717, 1.165) is 14.9 Å². The minimum absolute atomic E-state index is 0.00528. The molecule has 1 heterocycles. The molecule has 126 valence electrons. The molecule has 5 heteroatoms. The van der Waals surface area contributed by atoms with Crippen LogP contribution in [0.5, 0.6) is 5.75 Å². The summed E-state index contributed by atoms with van der Waals surface area (Å²) in [4.78, 5) is 13.2. The van der Waals surface area contributed by atoms with Crippen LogP contribution in [0, 0.1) is 6.92 Å². The maximum atomic E-state index is 12.5. The van der Waals surface area contributed by atoms with Gasteiger partial charge in [-0.1, -0.05) is 20.8 Å². The number of hydrogen-bond donors (Lipinski definition) is 2. The molecule has 0 saturated heterocycles. The molecule has 2 rings (SSSR count). The van der Waals surface area contributed by atoms with Gasteiger partial charge in [0, 0.05) is 11.1 Å². The highest BCUT2D eigenvalue weighted by atomic mass is 79.9. The van der Waals surface area contributed by atoms with Crippen LogP contribution in [0.15, 0.2) is 28.1 Å². The fraction of sp³-hybridized carbons (Fsp3) is 0.389. The number of phenolic OH excluding ortho intramolecular Hbond substituents is 1. The van der Waals surface area contributed by atoms with E-state index in [0.29, 0.717) is 10.4 Å². The summed E-state index contributed by atoms with van der Waals surface area (Å²) in [5.74, 6) is 0.274. The second-order valence-corrected chi connectivity index (χ2v) is 8.84. The van der Waals surface area contributed by atoms with Crippen LogP contribution in [0.2, 0.25) is 0 Å². The van der Waals surface area contributed by atoms with E-state index < -0.39 is 0 Å². The number of benzene rings is 1. The van der Waals surface area contributed by atoms with Gasteiger partial charge in [-0.3, -0.25) is 4.79 Å². The maximum absolute atomic E-state index is 12.5. The van der Waals surface area contributed by atoms with Crippen LogP contribution in [-0.4, -0.2) is 25.0 Å². The number of halogens is 1. The number of aromatic hydroxyl groups is 1. The maximum Gasteiger partial charge on any atom is 0.203 e. The standard InChI is InChI=1S/C16H17BrO2S.C2H7N/c1-9-7-10(8-11(14(9)18)16(2,3)4)15(19)12-5-6-13(17)20-12;1-3-2/h5-8,18H,1-4H3;3H,1-2H3. The van der Waals surface area contributed by atoms with Gasteiger partial charge in [-0.15, -0.1) is 11.3 Å². The summed E-state index contributed by atoms with van der Waals surface area (Å²) in [6, 6.07) is 7.24. The minimum atomic E-state index is -0.207. The number of carbonyl (C=O) groups excluding carboxylic acids is 1. The van der Waals surface area contributed by atoms with Gasteiger partial charge >= 0.3 is 0 Å². The van der Waals surface area contributed by atoms with Crippen LogP contribution in [0.25, 0.3) is 0 Å². The molecule has 0 radical (unpaired) electrons. The molecule has 0 spiro atoms. The zero-order chi connectivity index (χ0) is 17.8. The molecule has 0 atom stereocenters. The Morgan fingerprint density at radius 1 is 1.22 bits per heavy atom. The summed E-state index contributed by atoms with van der Waals surface area (Å²) >= 11 is 4.79. The number of aryl methyl sites for hydroxylation is 1. The van der Waals surface area contributed by atoms with Crippen LogP contribution in [0.4, 0.5) is 0 Å². The normalized spacial score (nSPS) is 10.9. The van der Waals surface area contributed by atoms with Crippen molar-refractivity contribution >= 4 is 33.0 Å². The van der Waals surface area contributed by atoms with Crippen LogP contribution in [0.1, 0.15) is 47.1 Å². The summed E-state index contributed by atoms with van der Waals surface area (Å²) in [5, 5.41) is 12.9. The molecule has 3 nitrogen and oxygen atoms in total. The van der Waals surface area contributed by atoms with Gasteiger partial charge in [0.05, 0.1) is 8.66 Å². The fourth-order valence-corrected chi connectivity index (χ4v) is 3.41. The van der Waals surface area contributed by atoms with E-state index in [1.54, 1.807) is 12.1 Å². The number of hydrogen-bond acceptors (Lipinski definition) is 4. The van der Waals surface area contributed by atoms with Gasteiger partial charge in [0.2, 0.25) is 5.78 Å². The molecule has 0 saturated carbocycles. The molecule has 0 aliphatic heterocycles. The minimum Gasteiger partial charge on any atom is -0.507 e. The predicted octanol–water partition coefficient (Wildman–Crippen LogP) is 4.89. The van der Waals surface area contributed by atoms with Crippen molar-refractivity contribution in [3.8, 4) is 5.75 Å². The second-order valence-electron chi connectivity index (χ2n) is 6.37. The molecule has 0 aliphatic carbocycles. The van der Waals surface area contributed by atoms with E-state index in [9.17, 15) is 9.90 Å². The van der Waals surface area contributed by atoms with Crippen molar-refractivity contribution in [3.63, 3.8) is 0 Å². The largest absolute Gasteiger partial charge is 0.507 e. The number of rotatable bonds is 2. The Labute approximate surface area is 150 Å². The molecule has 0 aliphatic rings. The lowest BCUT2D eigenvalue weighted by Gasteiger charge is -2.22. The zero-order valence-electron chi connectivity index (χ0n) is 14.5. The number of carbonyl (C=O) groups is 1. The first-order chi connectivity index (χ1) is 10.6. The molecular formula is C18H24BrNO2S. The van der Waals surface area contributed by atoms with E-state index >= 15 is 0 Å². The molecule has 0 amide bonds. The lowest BCUT2D eigenvalue weighted by Crippen LogP contribution is -2.13. The molecule has 0 unspecified atom stereocenters. The Morgan fingerprint density at radius 3 is 2.22 bits per heavy atom. The van der Waals surface area contributed by atoms with Crippen LogP contribution >= 0.6 is 27.3 Å². The Hall–Kier alpha value is -1.17. The predicted molar refractivity (Wildman–Crippen MR) is 102 cm³/mol. The molecule has 0 bridgehead atoms. The monoisotopic (exact) mass is 397 g/mol. The van der Waals surface area contributed by atoms with Crippen molar-refractivity contribution in [1.29, 1.82) is 0 Å². The van der Waals surface area contributed by atoms with Gasteiger partial charge in [-0.2, -0.15) is 0 Å². The van der Waals surface area contributed by atoms with Crippen molar-refractivity contribution in [2.45, 2.75) is 33.1 Å². The molecule has 2 N–H and O–H groups in total. The van der Waals surface area contributed by atoms with Crippen molar-refractivity contribution < 1.29 is 9.90 Å². The number of thiophene rings is 1. The highest BCUT2D eigenvalue weighted by Gasteiger charge is 2.22. The third kappa shape index (κ3) is 5.16. The number of phenols is 1. The summed E-state index contributed by atoms with van der Waals surface area (Å²) in [7, 11) is 3.75. The van der Waals surface area contributed by atoms with E-state index in [-0.39, 0.29) is 16.9 Å². The van der Waals surface area contributed by atoms with Crippen molar-refractivity contribution in [3.05, 3.63) is 49.6 Å². The first-order valence-electron chi connectivity index (χ1n) is 7.34. The molecule has 23 heavy (non-hydrogen) atoms.